The molecule has 1 aliphatic heterocycles. The zero-order valence-corrected chi connectivity index (χ0v) is 10.7. The average molecular weight is 254 g/mol. The Bertz CT molecular complexity index is 313. The van der Waals surface area contributed by atoms with E-state index in [1.165, 1.54) is 37.0 Å². The maximum Gasteiger partial charge on any atom is 0.408 e. The van der Waals surface area contributed by atoms with Crippen molar-refractivity contribution in [1.29, 1.82) is 0 Å². The molecule has 2 rings (SSSR count). The van der Waals surface area contributed by atoms with Crippen molar-refractivity contribution in [2.75, 3.05) is 13.1 Å². The first-order chi connectivity index (χ1) is 8.68. The maximum absolute atomic E-state index is 11.2. The molecule has 0 aromatic rings. The van der Waals surface area contributed by atoms with Crippen LogP contribution in [-0.2, 0) is 4.79 Å². The van der Waals surface area contributed by atoms with Crippen LogP contribution in [-0.4, -0.2) is 41.1 Å². The van der Waals surface area contributed by atoms with Crippen LogP contribution in [0.1, 0.15) is 44.9 Å². The van der Waals surface area contributed by atoms with Gasteiger partial charge >= 0.3 is 6.09 Å². The summed E-state index contributed by atoms with van der Waals surface area (Å²) in [5.41, 5.74) is 0. The molecule has 0 aromatic carbocycles. The molecule has 1 aliphatic carbocycles. The lowest BCUT2D eigenvalue weighted by Gasteiger charge is -2.34. The summed E-state index contributed by atoms with van der Waals surface area (Å²) < 4.78 is 0. The molecular weight excluding hydrogens is 232 g/mol. The molecule has 1 heterocycles. The number of carboxylic acid groups (broad SMARTS) is 1. The van der Waals surface area contributed by atoms with Crippen LogP contribution in [0.2, 0.25) is 0 Å². The highest BCUT2D eigenvalue weighted by molar-refractivity contribution is 5.90. The van der Waals surface area contributed by atoms with E-state index in [-0.39, 0.29) is 5.91 Å². The van der Waals surface area contributed by atoms with E-state index in [0.717, 1.165) is 18.8 Å². The second-order valence-corrected chi connectivity index (χ2v) is 5.38. The van der Waals surface area contributed by atoms with Gasteiger partial charge in [-0.3, -0.25) is 9.69 Å². The highest BCUT2D eigenvalue weighted by Gasteiger charge is 2.36. The van der Waals surface area contributed by atoms with Gasteiger partial charge < -0.3 is 10.4 Å². The summed E-state index contributed by atoms with van der Waals surface area (Å²) in [5.74, 6) is 0.698. The summed E-state index contributed by atoms with van der Waals surface area (Å²) >= 11 is 0. The SMILES string of the molecule is O=C1NC[C@@H]1N(CCCCC1CCCC1)C(=O)O. The molecule has 2 amide bonds. The third kappa shape index (κ3) is 3.15. The Hall–Kier alpha value is -1.26. The van der Waals surface area contributed by atoms with E-state index in [1.807, 2.05) is 0 Å². The topological polar surface area (TPSA) is 69.6 Å². The minimum Gasteiger partial charge on any atom is -0.465 e. The van der Waals surface area contributed by atoms with Gasteiger partial charge in [0.1, 0.15) is 6.04 Å². The minimum absolute atomic E-state index is 0.159. The number of nitrogens with one attached hydrogen (secondary N) is 1. The highest BCUT2D eigenvalue weighted by atomic mass is 16.4. The summed E-state index contributed by atoms with van der Waals surface area (Å²) in [7, 11) is 0. The minimum atomic E-state index is -0.976. The molecule has 1 saturated carbocycles. The first-order valence-electron chi connectivity index (χ1n) is 6.96. The van der Waals surface area contributed by atoms with E-state index in [4.69, 9.17) is 5.11 Å². The van der Waals surface area contributed by atoms with Gasteiger partial charge in [0, 0.05) is 13.1 Å². The number of carbonyl (C=O) groups excluding carboxylic acids is 1. The van der Waals surface area contributed by atoms with Crippen LogP contribution in [0, 0.1) is 5.92 Å². The standard InChI is InChI=1S/C13H22N2O3/c16-12-11(9-14-12)15(13(17)18)8-4-3-7-10-5-1-2-6-10/h10-11H,1-9H2,(H,14,16)(H,17,18)/t11-/m0/s1. The van der Waals surface area contributed by atoms with Crippen LogP contribution in [0.15, 0.2) is 0 Å². The van der Waals surface area contributed by atoms with Gasteiger partial charge in [-0.15, -0.1) is 0 Å². The van der Waals surface area contributed by atoms with Crippen molar-refractivity contribution >= 4 is 12.0 Å². The van der Waals surface area contributed by atoms with Crippen LogP contribution in [0.4, 0.5) is 4.79 Å². The molecule has 2 aliphatic rings. The van der Waals surface area contributed by atoms with Crippen molar-refractivity contribution in [2.45, 2.75) is 51.0 Å². The van der Waals surface area contributed by atoms with Gasteiger partial charge in [0.25, 0.3) is 0 Å². The Morgan fingerprint density at radius 3 is 2.56 bits per heavy atom. The molecule has 0 bridgehead atoms. The van der Waals surface area contributed by atoms with E-state index in [9.17, 15) is 9.59 Å². The van der Waals surface area contributed by atoms with Crippen molar-refractivity contribution in [3.05, 3.63) is 0 Å². The van der Waals surface area contributed by atoms with E-state index >= 15 is 0 Å². The molecule has 2 fully saturated rings. The number of rotatable bonds is 6. The van der Waals surface area contributed by atoms with Gasteiger partial charge in [-0.1, -0.05) is 38.5 Å². The zero-order valence-electron chi connectivity index (χ0n) is 10.7. The number of hydrogen-bond acceptors (Lipinski definition) is 2. The Labute approximate surface area is 108 Å². The molecule has 1 saturated heterocycles. The predicted molar refractivity (Wildman–Crippen MR) is 67.3 cm³/mol. The number of hydrogen-bond donors (Lipinski definition) is 2. The molecule has 0 unspecified atom stereocenters. The van der Waals surface area contributed by atoms with Crippen molar-refractivity contribution in [2.24, 2.45) is 5.92 Å². The van der Waals surface area contributed by atoms with E-state index in [0.29, 0.717) is 13.1 Å². The average Bonchev–Trinajstić information content (AvgIpc) is 2.83. The molecule has 0 spiro atoms. The fourth-order valence-corrected chi connectivity index (χ4v) is 2.93. The van der Waals surface area contributed by atoms with Crippen LogP contribution >= 0.6 is 0 Å². The van der Waals surface area contributed by atoms with E-state index in [1.54, 1.807) is 0 Å². The molecule has 2 N–H and O–H groups in total. The second kappa shape index (κ2) is 6.07. The Kier molecular flexibility index (Phi) is 4.44. The van der Waals surface area contributed by atoms with Crippen LogP contribution < -0.4 is 5.32 Å². The molecule has 5 nitrogen and oxygen atoms in total. The smallest absolute Gasteiger partial charge is 0.408 e. The van der Waals surface area contributed by atoms with Crippen LogP contribution in [0.3, 0.4) is 0 Å². The first kappa shape index (κ1) is 13.2. The van der Waals surface area contributed by atoms with Crippen LogP contribution in [0.5, 0.6) is 0 Å². The number of β-lactam (4-membered cyclic amide) rings is 1. The summed E-state index contributed by atoms with van der Waals surface area (Å²) in [6.07, 6.45) is 7.57. The normalized spacial score (nSPS) is 23.6. The molecule has 102 valence electrons. The fraction of sp³-hybridized carbons (Fsp3) is 0.846. The Morgan fingerprint density at radius 2 is 2.06 bits per heavy atom. The predicted octanol–water partition coefficient (Wildman–Crippen LogP) is 1.83. The summed E-state index contributed by atoms with van der Waals surface area (Å²) in [6, 6.07) is -0.450. The van der Waals surface area contributed by atoms with Crippen LogP contribution in [0.25, 0.3) is 0 Å². The first-order valence-corrected chi connectivity index (χ1v) is 6.96. The van der Waals surface area contributed by atoms with E-state index in [2.05, 4.69) is 5.32 Å². The third-order valence-corrected chi connectivity index (χ3v) is 4.13. The summed E-state index contributed by atoms with van der Waals surface area (Å²) in [4.78, 5) is 23.6. The fourth-order valence-electron chi connectivity index (χ4n) is 2.93. The quantitative estimate of drug-likeness (QED) is 0.561. The molecule has 18 heavy (non-hydrogen) atoms. The maximum atomic E-state index is 11.2. The lowest BCUT2D eigenvalue weighted by atomic mass is 10.0. The van der Waals surface area contributed by atoms with Gasteiger partial charge in [0.15, 0.2) is 0 Å². The van der Waals surface area contributed by atoms with Gasteiger partial charge in [0.2, 0.25) is 5.91 Å². The van der Waals surface area contributed by atoms with Crippen molar-refractivity contribution < 1.29 is 14.7 Å². The number of nitrogens with zero attached hydrogens (tertiary/aromatic N) is 1. The van der Waals surface area contributed by atoms with Gasteiger partial charge in [-0.2, -0.15) is 0 Å². The Balaban J connectivity index is 1.66. The number of carbonyl (C=O) groups is 2. The lowest BCUT2D eigenvalue weighted by Crippen LogP contribution is -2.63. The van der Waals surface area contributed by atoms with Crippen molar-refractivity contribution in [3.63, 3.8) is 0 Å². The monoisotopic (exact) mass is 254 g/mol. The molecular formula is C13H22N2O3. The molecule has 1 atom stereocenters. The second-order valence-electron chi connectivity index (χ2n) is 5.38. The van der Waals surface area contributed by atoms with Crippen molar-refractivity contribution in [1.82, 2.24) is 10.2 Å². The Morgan fingerprint density at radius 1 is 1.33 bits per heavy atom. The molecule has 0 aromatic heterocycles. The molecule has 5 heteroatoms. The number of unbranched alkanes of at least 4 members (excludes halogenated alkanes) is 1. The zero-order chi connectivity index (χ0) is 13.0. The van der Waals surface area contributed by atoms with Gasteiger partial charge in [-0.05, 0) is 12.3 Å². The van der Waals surface area contributed by atoms with Gasteiger partial charge in [-0.25, -0.2) is 4.79 Å². The molecule has 0 radical (unpaired) electrons. The highest BCUT2D eigenvalue weighted by Crippen LogP contribution is 2.29. The number of amides is 2. The van der Waals surface area contributed by atoms with Crippen molar-refractivity contribution in [3.8, 4) is 0 Å². The largest absolute Gasteiger partial charge is 0.465 e. The van der Waals surface area contributed by atoms with E-state index < -0.39 is 12.1 Å². The van der Waals surface area contributed by atoms with Gasteiger partial charge in [0.05, 0.1) is 0 Å². The summed E-state index contributed by atoms with van der Waals surface area (Å²) in [6.45, 7) is 0.952. The lowest BCUT2D eigenvalue weighted by molar-refractivity contribution is -0.132. The third-order valence-electron chi connectivity index (χ3n) is 4.13. The summed E-state index contributed by atoms with van der Waals surface area (Å²) in [5, 5.41) is 11.7.